The maximum atomic E-state index is 11.9. The van der Waals surface area contributed by atoms with E-state index in [9.17, 15) is 4.79 Å². The van der Waals surface area contributed by atoms with Crippen LogP contribution in [0.2, 0.25) is 0 Å². The summed E-state index contributed by atoms with van der Waals surface area (Å²) in [6.07, 6.45) is 3.15. The molecule has 0 saturated carbocycles. The van der Waals surface area contributed by atoms with E-state index in [1.807, 2.05) is 24.3 Å². The summed E-state index contributed by atoms with van der Waals surface area (Å²) in [5.74, 6) is -0.137. The summed E-state index contributed by atoms with van der Waals surface area (Å²) >= 11 is 0. The van der Waals surface area contributed by atoms with Gasteiger partial charge in [-0.05, 0) is 11.1 Å². The zero-order valence-corrected chi connectivity index (χ0v) is 10.3. The van der Waals surface area contributed by atoms with Crippen LogP contribution in [-0.2, 0) is 20.1 Å². The van der Waals surface area contributed by atoms with Gasteiger partial charge in [0.05, 0.1) is 12.5 Å². The lowest BCUT2D eigenvalue weighted by atomic mass is 10.1. The van der Waals surface area contributed by atoms with E-state index >= 15 is 0 Å². The van der Waals surface area contributed by atoms with Gasteiger partial charge in [0, 0.05) is 20.1 Å². The number of amides is 1. The van der Waals surface area contributed by atoms with Gasteiger partial charge in [-0.25, -0.2) is 4.98 Å². The van der Waals surface area contributed by atoms with Gasteiger partial charge in [0.2, 0.25) is 0 Å². The monoisotopic (exact) mass is 244 g/mol. The SMILES string of the molecule is Cn1cncc1C(=O)NCc1ccccc1CN. The first-order valence-electron chi connectivity index (χ1n) is 5.73. The van der Waals surface area contributed by atoms with Crippen LogP contribution in [-0.4, -0.2) is 15.5 Å². The fourth-order valence-corrected chi connectivity index (χ4v) is 1.77. The molecule has 3 N–H and O–H groups in total. The largest absolute Gasteiger partial charge is 0.347 e. The summed E-state index contributed by atoms with van der Waals surface area (Å²) in [6, 6.07) is 7.80. The van der Waals surface area contributed by atoms with Crippen molar-refractivity contribution in [2.24, 2.45) is 12.8 Å². The van der Waals surface area contributed by atoms with Crippen LogP contribution in [0.15, 0.2) is 36.8 Å². The van der Waals surface area contributed by atoms with E-state index in [2.05, 4.69) is 10.3 Å². The van der Waals surface area contributed by atoms with Crippen molar-refractivity contribution in [3.8, 4) is 0 Å². The molecule has 0 fully saturated rings. The molecule has 0 radical (unpaired) electrons. The number of aromatic nitrogens is 2. The molecule has 0 bridgehead atoms. The average molecular weight is 244 g/mol. The fourth-order valence-electron chi connectivity index (χ4n) is 1.77. The van der Waals surface area contributed by atoms with Gasteiger partial charge in [-0.1, -0.05) is 24.3 Å². The number of hydrogen-bond donors (Lipinski definition) is 2. The second kappa shape index (κ2) is 5.46. The van der Waals surface area contributed by atoms with Crippen molar-refractivity contribution >= 4 is 5.91 Å². The van der Waals surface area contributed by atoms with Gasteiger partial charge in [0.1, 0.15) is 5.69 Å². The topological polar surface area (TPSA) is 72.9 Å². The minimum absolute atomic E-state index is 0.137. The van der Waals surface area contributed by atoms with E-state index < -0.39 is 0 Å². The zero-order valence-electron chi connectivity index (χ0n) is 10.3. The Labute approximate surface area is 106 Å². The zero-order chi connectivity index (χ0) is 13.0. The fraction of sp³-hybridized carbons (Fsp3) is 0.231. The Balaban J connectivity index is 2.04. The molecule has 0 aliphatic carbocycles. The number of nitrogens with zero attached hydrogens (tertiary/aromatic N) is 2. The molecule has 0 aliphatic rings. The molecule has 0 saturated heterocycles. The molecule has 0 unspecified atom stereocenters. The third-order valence-electron chi connectivity index (χ3n) is 2.83. The molecule has 0 aliphatic heterocycles. The van der Waals surface area contributed by atoms with Crippen LogP contribution in [0, 0.1) is 0 Å². The maximum Gasteiger partial charge on any atom is 0.269 e. The Bertz CT molecular complexity index is 547. The highest BCUT2D eigenvalue weighted by Crippen LogP contribution is 2.07. The van der Waals surface area contributed by atoms with Gasteiger partial charge in [-0.3, -0.25) is 4.79 Å². The van der Waals surface area contributed by atoms with Crippen molar-refractivity contribution in [1.29, 1.82) is 0 Å². The third-order valence-corrected chi connectivity index (χ3v) is 2.83. The Morgan fingerprint density at radius 1 is 1.39 bits per heavy atom. The van der Waals surface area contributed by atoms with Gasteiger partial charge < -0.3 is 15.6 Å². The van der Waals surface area contributed by atoms with E-state index in [0.717, 1.165) is 11.1 Å². The van der Waals surface area contributed by atoms with Crippen LogP contribution >= 0.6 is 0 Å². The quantitative estimate of drug-likeness (QED) is 0.836. The molecule has 0 atom stereocenters. The lowest BCUT2D eigenvalue weighted by Crippen LogP contribution is -2.25. The predicted octanol–water partition coefficient (Wildman–Crippen LogP) is 0.809. The van der Waals surface area contributed by atoms with Gasteiger partial charge in [-0.15, -0.1) is 0 Å². The van der Waals surface area contributed by atoms with Crippen LogP contribution in [0.4, 0.5) is 0 Å². The van der Waals surface area contributed by atoms with Crippen LogP contribution in [0.3, 0.4) is 0 Å². The number of benzene rings is 1. The maximum absolute atomic E-state index is 11.9. The molecule has 94 valence electrons. The highest BCUT2D eigenvalue weighted by atomic mass is 16.1. The number of nitrogens with one attached hydrogen (secondary N) is 1. The number of aryl methyl sites for hydroxylation is 1. The second-order valence-electron chi connectivity index (χ2n) is 4.05. The highest BCUT2D eigenvalue weighted by molar-refractivity contribution is 5.92. The van der Waals surface area contributed by atoms with E-state index in [1.165, 1.54) is 0 Å². The van der Waals surface area contributed by atoms with Crippen molar-refractivity contribution < 1.29 is 4.79 Å². The molecule has 0 spiro atoms. The van der Waals surface area contributed by atoms with Gasteiger partial charge in [0.25, 0.3) is 5.91 Å². The smallest absolute Gasteiger partial charge is 0.269 e. The van der Waals surface area contributed by atoms with Gasteiger partial charge >= 0.3 is 0 Å². The summed E-state index contributed by atoms with van der Waals surface area (Å²) < 4.78 is 1.68. The van der Waals surface area contributed by atoms with Crippen LogP contribution in [0.5, 0.6) is 0 Å². The van der Waals surface area contributed by atoms with Crippen LogP contribution in [0.1, 0.15) is 21.6 Å². The van der Waals surface area contributed by atoms with E-state index in [4.69, 9.17) is 5.73 Å². The number of imidazole rings is 1. The highest BCUT2D eigenvalue weighted by Gasteiger charge is 2.09. The second-order valence-corrected chi connectivity index (χ2v) is 4.05. The van der Waals surface area contributed by atoms with Crippen molar-refractivity contribution in [2.45, 2.75) is 13.1 Å². The predicted molar refractivity (Wildman–Crippen MR) is 68.7 cm³/mol. The normalized spacial score (nSPS) is 10.3. The molecule has 1 amide bonds. The Morgan fingerprint density at radius 2 is 2.11 bits per heavy atom. The molecule has 5 nitrogen and oxygen atoms in total. The molecule has 2 aromatic rings. The molecular weight excluding hydrogens is 228 g/mol. The lowest BCUT2D eigenvalue weighted by Gasteiger charge is -2.09. The summed E-state index contributed by atoms with van der Waals surface area (Å²) in [6.45, 7) is 0.940. The first-order chi connectivity index (χ1) is 8.72. The minimum atomic E-state index is -0.137. The first kappa shape index (κ1) is 12.3. The van der Waals surface area contributed by atoms with Crippen LogP contribution in [0.25, 0.3) is 0 Å². The van der Waals surface area contributed by atoms with Crippen molar-refractivity contribution in [3.05, 3.63) is 53.6 Å². The summed E-state index contributed by atoms with van der Waals surface area (Å²) in [5.41, 5.74) is 8.27. The molecule has 2 rings (SSSR count). The number of carbonyl (C=O) groups excluding carboxylic acids is 1. The third kappa shape index (κ3) is 2.57. The molecule has 1 aromatic carbocycles. The molecule has 18 heavy (non-hydrogen) atoms. The molecular formula is C13H16N4O. The van der Waals surface area contributed by atoms with E-state index in [0.29, 0.717) is 18.8 Å². The summed E-state index contributed by atoms with van der Waals surface area (Å²) in [7, 11) is 1.79. The minimum Gasteiger partial charge on any atom is -0.347 e. The molecule has 1 heterocycles. The number of hydrogen-bond acceptors (Lipinski definition) is 3. The summed E-state index contributed by atoms with van der Waals surface area (Å²) in [4.78, 5) is 15.8. The van der Waals surface area contributed by atoms with Gasteiger partial charge in [0.15, 0.2) is 0 Å². The number of carbonyl (C=O) groups is 1. The Kier molecular flexibility index (Phi) is 3.74. The Morgan fingerprint density at radius 3 is 2.72 bits per heavy atom. The summed E-state index contributed by atoms with van der Waals surface area (Å²) in [5, 5.41) is 2.86. The lowest BCUT2D eigenvalue weighted by molar-refractivity contribution is 0.0942. The van der Waals surface area contributed by atoms with Crippen molar-refractivity contribution in [1.82, 2.24) is 14.9 Å². The van der Waals surface area contributed by atoms with Crippen LogP contribution < -0.4 is 11.1 Å². The molecule has 1 aromatic heterocycles. The van der Waals surface area contributed by atoms with E-state index in [1.54, 1.807) is 24.1 Å². The Hall–Kier alpha value is -2.14. The van der Waals surface area contributed by atoms with E-state index in [-0.39, 0.29) is 5.91 Å². The van der Waals surface area contributed by atoms with Gasteiger partial charge in [-0.2, -0.15) is 0 Å². The average Bonchev–Trinajstić information content (AvgIpc) is 2.82. The number of nitrogens with two attached hydrogens (primary N) is 1. The molecule has 5 heteroatoms. The number of rotatable bonds is 4. The van der Waals surface area contributed by atoms with Crippen molar-refractivity contribution in [2.75, 3.05) is 0 Å². The standard InChI is InChI=1S/C13H16N4O/c1-17-9-15-8-12(17)13(18)16-7-11-5-3-2-4-10(11)6-14/h2-5,8-9H,6-7,14H2,1H3,(H,16,18). The first-order valence-corrected chi connectivity index (χ1v) is 5.73. The van der Waals surface area contributed by atoms with Crippen molar-refractivity contribution in [3.63, 3.8) is 0 Å².